The maximum absolute atomic E-state index is 7.97. The third-order valence-corrected chi connectivity index (χ3v) is 39.0. The molecule has 0 N–H and O–H groups in total. The second-order valence-corrected chi connectivity index (χ2v) is 50.5. The normalized spacial score (nSPS) is 39.7. The highest BCUT2D eigenvalue weighted by molar-refractivity contribution is 14.2. The van der Waals surface area contributed by atoms with Crippen LogP contribution in [0.2, 0.25) is 39.8 Å². The van der Waals surface area contributed by atoms with Crippen LogP contribution in [0.4, 0.5) is 0 Å². The monoisotopic (exact) mass is 1450 g/mol. The van der Waals surface area contributed by atoms with Gasteiger partial charge in [0.15, 0.2) is 8.32 Å². The third-order valence-electron chi connectivity index (χ3n) is 22.5. The van der Waals surface area contributed by atoms with Crippen LogP contribution in [-0.4, -0.2) is 139 Å². The smallest absolute Gasteiger partial charge is 0.261 e. The lowest BCUT2D eigenvalue weighted by Gasteiger charge is -2.63. The van der Waals surface area contributed by atoms with Crippen LogP contribution in [0.15, 0.2) is 80.5 Å². The molecule has 0 aromatic heterocycles. The summed E-state index contributed by atoms with van der Waals surface area (Å²) in [5.74, 6) is 0. The number of rotatable bonds is 15. The van der Waals surface area contributed by atoms with E-state index in [0.717, 1.165) is 59.4 Å². The van der Waals surface area contributed by atoms with E-state index in [1.807, 2.05) is 0 Å². The Labute approximate surface area is 543 Å². The summed E-state index contributed by atoms with van der Waals surface area (Å²) in [7, 11) is -7.28. The highest BCUT2D eigenvalue weighted by Crippen LogP contribution is 2.57. The van der Waals surface area contributed by atoms with Crippen molar-refractivity contribution < 1.29 is 51.2 Å². The standard InChI is InChI=1S/C69H108I2O11Si3/c1-44(2)84(45(3)4,46(5)6)80-61-37-47(27-26-36-72-85(64(10,11)12,48-28-22-20-23-29-48)49-30-24-21-25-31-49)73-60-40-58-66(14,81-69(60,61)17)42-55-52(75-58)38-54-50(74-55)32-33-56-67(15,79-54)43-68(16)57(77-56)39-53-51(78-68)34-35-65(13,59(76-53)41-62(70)71)82-83(18,19)63(7,8)9/h20-25,28-31,34-35,41,44-47,50-61H,26-27,32-33,36-40,42-43H2,1-19H3/t47-,50+,51+,52+,53-,54-,55-,56-,57+,58-,59+,60+,61-,65-,66+,67+,68-,69+/m0/s1. The topological polar surface area (TPSA) is 102 Å². The molecule has 7 saturated heterocycles. The Balaban J connectivity index is 0.860. The lowest BCUT2D eigenvalue weighted by Crippen LogP contribution is -2.73. The first-order chi connectivity index (χ1) is 39.6. The summed E-state index contributed by atoms with van der Waals surface area (Å²) in [6, 6.07) is 22.0. The minimum absolute atomic E-state index is 0.0233. The number of halogens is 2. The van der Waals surface area contributed by atoms with Gasteiger partial charge in [-0.1, -0.05) is 156 Å². The zero-order chi connectivity index (χ0) is 61.7. The SMILES string of the molecule is CC(C)[Si](O[C@H]1C[C@H](CCCO[Si](c2ccccc2)(c2ccccc2)C(C)(C)C)O[C@@H]2C[C@@H]3O[C@@H]4C[C@@H]5O[C@]6(C)C[C@]7(C)O[C@@H]8C=C[C@](C)(O[Si](C)(C)C(C)(C)C)[C@@H](C=C(I)I)O[C@H]8C[C@H]7O[C@H]6CC[C@H]5O[C@H]4C[C@@]3(C)O[C@@]12C)(C(C)C)C(C)C. The number of hydrogen-bond donors (Lipinski definition) is 0. The highest BCUT2D eigenvalue weighted by atomic mass is 127. The third kappa shape index (κ3) is 12.8. The minimum Gasteiger partial charge on any atom is -0.410 e. The van der Waals surface area contributed by atoms with Crippen LogP contribution in [-0.2, 0) is 51.2 Å². The number of ether oxygens (including phenoxy) is 8. The summed E-state index contributed by atoms with van der Waals surface area (Å²) >= 11 is 4.78. The van der Waals surface area contributed by atoms with Crippen molar-refractivity contribution in [3.63, 3.8) is 0 Å². The minimum atomic E-state index is -2.70. The first-order valence-electron chi connectivity index (χ1n) is 32.8. The molecular weight excluding hydrogens is 1340 g/mol. The van der Waals surface area contributed by atoms with E-state index in [2.05, 4.69) is 255 Å². The molecule has 10 rings (SSSR count). The van der Waals surface area contributed by atoms with Gasteiger partial charge in [-0.05, 0) is 162 Å². The number of benzene rings is 2. The average Bonchev–Trinajstić information content (AvgIpc) is 1.75. The second-order valence-electron chi connectivity index (χ2n) is 31.6. The number of hydrogen-bond acceptors (Lipinski definition) is 11. The van der Waals surface area contributed by atoms with Gasteiger partial charge in [-0.2, -0.15) is 0 Å². The molecule has 2 aromatic rings. The molecule has 0 radical (unpaired) electrons. The van der Waals surface area contributed by atoms with Crippen molar-refractivity contribution in [1.82, 2.24) is 0 Å². The molecule has 0 bridgehead atoms. The fraction of sp³-hybridized carbons (Fsp3) is 0.768. The largest absolute Gasteiger partial charge is 0.410 e. The van der Waals surface area contributed by atoms with Crippen LogP contribution in [0.1, 0.15) is 182 Å². The fourth-order valence-electron chi connectivity index (χ4n) is 17.3. The van der Waals surface area contributed by atoms with E-state index in [4.69, 9.17) is 51.2 Å². The quantitative estimate of drug-likeness (QED) is 0.0737. The zero-order valence-electron chi connectivity index (χ0n) is 55.3. The van der Waals surface area contributed by atoms with E-state index in [1.165, 1.54) is 10.4 Å². The molecule has 11 nitrogen and oxygen atoms in total. The molecule has 2 aromatic carbocycles. The van der Waals surface area contributed by atoms with Crippen molar-refractivity contribution in [2.45, 2.75) is 329 Å². The molecule has 0 unspecified atom stereocenters. The van der Waals surface area contributed by atoms with Gasteiger partial charge in [0.1, 0.15) is 23.4 Å². The van der Waals surface area contributed by atoms with Crippen LogP contribution < -0.4 is 10.4 Å². The summed E-state index contributed by atoms with van der Waals surface area (Å²) in [4.78, 5) is 0. The first-order valence-corrected chi connectivity index (χ1v) is 41.9. The molecule has 0 spiro atoms. The summed E-state index contributed by atoms with van der Waals surface area (Å²) in [5.41, 5.74) is -1.90. The second kappa shape index (κ2) is 24.8. The van der Waals surface area contributed by atoms with Gasteiger partial charge in [0.2, 0.25) is 8.32 Å². The Kier molecular flexibility index (Phi) is 19.7. The fourth-order valence-corrected chi connectivity index (χ4v) is 29.8. The predicted octanol–water partition coefficient (Wildman–Crippen LogP) is 15.8. The molecule has 7 fully saturated rings. The van der Waals surface area contributed by atoms with Crippen LogP contribution >= 0.6 is 45.2 Å². The van der Waals surface area contributed by atoms with E-state index >= 15 is 0 Å². The number of fused-ring (bicyclic) bond motifs is 7. The molecule has 8 aliphatic heterocycles. The summed E-state index contributed by atoms with van der Waals surface area (Å²) in [6.45, 7) is 44.9. The highest BCUT2D eigenvalue weighted by Gasteiger charge is 2.66. The van der Waals surface area contributed by atoms with E-state index < -0.39 is 53.0 Å². The lowest BCUT2D eigenvalue weighted by molar-refractivity contribution is -0.368. The van der Waals surface area contributed by atoms with Gasteiger partial charge < -0.3 is 51.2 Å². The molecular formula is C69H108I2O11Si3. The summed E-state index contributed by atoms with van der Waals surface area (Å²) in [6.07, 6.45) is 12.3. The average molecular weight is 1450 g/mol. The Hall–Kier alpha value is -0.409. The van der Waals surface area contributed by atoms with E-state index in [1.54, 1.807) is 0 Å². The van der Waals surface area contributed by atoms with Crippen molar-refractivity contribution in [2.24, 2.45) is 0 Å². The maximum Gasteiger partial charge on any atom is 0.261 e. The van der Waals surface area contributed by atoms with E-state index in [0.29, 0.717) is 29.7 Å². The van der Waals surface area contributed by atoms with Crippen LogP contribution in [0.25, 0.3) is 0 Å². The summed E-state index contributed by atoms with van der Waals surface area (Å²) in [5, 5.41) is 2.55. The molecule has 85 heavy (non-hydrogen) atoms. The Bertz CT molecular complexity index is 2620. The van der Waals surface area contributed by atoms with Crippen molar-refractivity contribution in [3.05, 3.63) is 80.5 Å². The predicted molar refractivity (Wildman–Crippen MR) is 365 cm³/mol. The Morgan fingerprint density at radius 2 is 1.25 bits per heavy atom. The Morgan fingerprint density at radius 1 is 0.635 bits per heavy atom. The van der Waals surface area contributed by atoms with Gasteiger partial charge >= 0.3 is 0 Å². The maximum atomic E-state index is 7.97. The molecule has 0 amide bonds. The van der Waals surface area contributed by atoms with E-state index in [-0.39, 0.29) is 89.4 Å². The van der Waals surface area contributed by atoms with Gasteiger partial charge in [-0.15, -0.1) is 0 Å². The van der Waals surface area contributed by atoms with Gasteiger partial charge in [0.25, 0.3) is 8.32 Å². The van der Waals surface area contributed by atoms with Crippen LogP contribution in [0, 0.1) is 0 Å². The molecule has 0 saturated carbocycles. The molecule has 476 valence electrons. The van der Waals surface area contributed by atoms with Gasteiger partial charge in [0.05, 0.1) is 85.5 Å². The molecule has 8 heterocycles. The van der Waals surface area contributed by atoms with Crippen molar-refractivity contribution in [2.75, 3.05) is 6.61 Å². The van der Waals surface area contributed by atoms with Crippen LogP contribution in [0.3, 0.4) is 0 Å². The van der Waals surface area contributed by atoms with Crippen molar-refractivity contribution in [1.29, 1.82) is 0 Å². The molecule has 16 heteroatoms. The molecule has 18 atom stereocenters. The van der Waals surface area contributed by atoms with Gasteiger partial charge in [-0.3, -0.25) is 0 Å². The van der Waals surface area contributed by atoms with Gasteiger partial charge in [0, 0.05) is 45.1 Å². The van der Waals surface area contributed by atoms with Gasteiger partial charge in [-0.25, -0.2) is 0 Å². The zero-order valence-corrected chi connectivity index (χ0v) is 62.6. The molecule has 0 aliphatic carbocycles. The summed E-state index contributed by atoms with van der Waals surface area (Å²) < 4.78 is 83.0. The molecule has 8 aliphatic rings. The Morgan fingerprint density at radius 3 is 1.84 bits per heavy atom. The lowest BCUT2D eigenvalue weighted by atomic mass is 9.72. The van der Waals surface area contributed by atoms with Crippen molar-refractivity contribution in [3.8, 4) is 0 Å². The first kappa shape index (κ1) is 67.5. The van der Waals surface area contributed by atoms with Crippen LogP contribution in [0.5, 0.6) is 0 Å². The van der Waals surface area contributed by atoms with E-state index in [9.17, 15) is 0 Å². The van der Waals surface area contributed by atoms with Crippen molar-refractivity contribution >= 4 is 80.5 Å².